The summed E-state index contributed by atoms with van der Waals surface area (Å²) < 4.78 is 0. The number of hydrogen-bond donors (Lipinski definition) is 2. The van der Waals surface area contributed by atoms with Crippen LogP contribution in [0.15, 0.2) is 18.2 Å². The number of carbonyl (C=O) groups excluding carboxylic acids is 4. The monoisotopic (exact) mass is 396 g/mol. The molecule has 4 heterocycles. The van der Waals surface area contributed by atoms with Crippen LogP contribution in [0.2, 0.25) is 0 Å². The van der Waals surface area contributed by atoms with Gasteiger partial charge in [-0.15, -0.1) is 0 Å². The summed E-state index contributed by atoms with van der Waals surface area (Å²) in [6, 6.07) is 5.32. The highest BCUT2D eigenvalue weighted by Crippen LogP contribution is 2.44. The molecule has 152 valence electrons. The zero-order valence-electron chi connectivity index (χ0n) is 16.1. The van der Waals surface area contributed by atoms with E-state index in [0.29, 0.717) is 37.2 Å². The molecule has 0 aromatic heterocycles. The van der Waals surface area contributed by atoms with Crippen LogP contribution in [0.5, 0.6) is 0 Å². The standard InChI is InChI=1S/C21H24N4O4/c26-17-9-12-3-1-4-14(19(12)23-17)21(29)25-13-5-6-16(25)15(10-13)20(28)24-8-2-7-22-18(27)11-24/h1,3-4,13,15-16H,2,5-11H2,(H,22,27)(H,23,26)/t13-,15-,16-/m1/s1. The van der Waals surface area contributed by atoms with Crippen LogP contribution < -0.4 is 10.6 Å². The van der Waals surface area contributed by atoms with Gasteiger partial charge in [0.15, 0.2) is 0 Å². The molecule has 4 amide bonds. The molecule has 2 bridgehead atoms. The van der Waals surface area contributed by atoms with E-state index in [2.05, 4.69) is 10.6 Å². The maximum atomic E-state index is 13.4. The fourth-order valence-electron chi connectivity index (χ4n) is 5.37. The first kappa shape index (κ1) is 18.1. The molecule has 1 aromatic carbocycles. The van der Waals surface area contributed by atoms with Gasteiger partial charge >= 0.3 is 0 Å². The van der Waals surface area contributed by atoms with Crippen molar-refractivity contribution in [3.05, 3.63) is 29.3 Å². The minimum atomic E-state index is -0.255. The van der Waals surface area contributed by atoms with Crippen LogP contribution in [0.25, 0.3) is 0 Å². The van der Waals surface area contributed by atoms with Crippen LogP contribution in [0, 0.1) is 5.92 Å². The number of nitrogens with zero attached hydrogens (tertiary/aromatic N) is 2. The molecule has 0 spiro atoms. The SMILES string of the molecule is O=C1CN(C(=O)[C@@H]2C[C@H]3CC[C@H]2N3C(=O)c2cccc3c2NC(=O)C3)CCCN1. The van der Waals surface area contributed by atoms with Crippen molar-refractivity contribution in [2.75, 3.05) is 25.0 Å². The molecule has 3 fully saturated rings. The van der Waals surface area contributed by atoms with Gasteiger partial charge < -0.3 is 20.4 Å². The number of hydrogen-bond acceptors (Lipinski definition) is 4. The van der Waals surface area contributed by atoms with Crippen molar-refractivity contribution in [3.63, 3.8) is 0 Å². The summed E-state index contributed by atoms with van der Waals surface area (Å²) in [4.78, 5) is 53.7. The predicted octanol–water partition coefficient (Wildman–Crippen LogP) is 0.523. The number of rotatable bonds is 2. The quantitative estimate of drug-likeness (QED) is 0.762. The van der Waals surface area contributed by atoms with E-state index in [1.165, 1.54) is 0 Å². The molecule has 3 saturated heterocycles. The van der Waals surface area contributed by atoms with Gasteiger partial charge in [-0.25, -0.2) is 0 Å². The van der Waals surface area contributed by atoms with Crippen molar-refractivity contribution >= 4 is 29.3 Å². The highest BCUT2D eigenvalue weighted by atomic mass is 16.2. The van der Waals surface area contributed by atoms with Crippen LogP contribution in [-0.2, 0) is 20.8 Å². The molecule has 0 unspecified atom stereocenters. The predicted molar refractivity (Wildman–Crippen MR) is 104 cm³/mol. The largest absolute Gasteiger partial charge is 0.354 e. The second kappa shape index (κ2) is 6.86. The first-order valence-electron chi connectivity index (χ1n) is 10.3. The van der Waals surface area contributed by atoms with Crippen LogP contribution in [0.3, 0.4) is 0 Å². The maximum Gasteiger partial charge on any atom is 0.256 e. The third-order valence-electron chi connectivity index (χ3n) is 6.66. The molecule has 29 heavy (non-hydrogen) atoms. The Morgan fingerprint density at radius 3 is 2.83 bits per heavy atom. The Labute approximate surface area is 168 Å². The number of carbonyl (C=O) groups is 4. The van der Waals surface area contributed by atoms with Crippen molar-refractivity contribution < 1.29 is 19.2 Å². The maximum absolute atomic E-state index is 13.4. The van der Waals surface area contributed by atoms with Crippen molar-refractivity contribution in [2.24, 2.45) is 5.92 Å². The first-order chi connectivity index (χ1) is 14.0. The van der Waals surface area contributed by atoms with E-state index in [1.54, 1.807) is 11.0 Å². The van der Waals surface area contributed by atoms with Crippen molar-refractivity contribution in [2.45, 2.75) is 44.2 Å². The summed E-state index contributed by atoms with van der Waals surface area (Å²) in [5.41, 5.74) is 1.96. The molecule has 0 radical (unpaired) electrons. The van der Waals surface area contributed by atoms with E-state index in [1.807, 2.05) is 17.0 Å². The van der Waals surface area contributed by atoms with Gasteiger partial charge in [0, 0.05) is 25.2 Å². The molecule has 0 saturated carbocycles. The van der Waals surface area contributed by atoms with Gasteiger partial charge in [-0.05, 0) is 37.3 Å². The smallest absolute Gasteiger partial charge is 0.256 e. The number of nitrogens with one attached hydrogen (secondary N) is 2. The highest BCUT2D eigenvalue weighted by Gasteiger charge is 2.52. The van der Waals surface area contributed by atoms with Crippen molar-refractivity contribution in [1.29, 1.82) is 0 Å². The minimum Gasteiger partial charge on any atom is -0.354 e. The average Bonchev–Trinajstić information content (AvgIpc) is 3.35. The average molecular weight is 396 g/mol. The molecule has 1 aromatic rings. The van der Waals surface area contributed by atoms with Gasteiger partial charge in [-0.1, -0.05) is 12.1 Å². The van der Waals surface area contributed by atoms with Crippen molar-refractivity contribution in [1.82, 2.24) is 15.1 Å². The van der Waals surface area contributed by atoms with Gasteiger partial charge in [0.1, 0.15) is 0 Å². The lowest BCUT2D eigenvalue weighted by molar-refractivity contribution is -0.139. The van der Waals surface area contributed by atoms with E-state index >= 15 is 0 Å². The fraction of sp³-hybridized carbons (Fsp3) is 0.524. The lowest BCUT2D eigenvalue weighted by atomic mass is 9.88. The molecular formula is C21H24N4O4. The molecular weight excluding hydrogens is 372 g/mol. The zero-order chi connectivity index (χ0) is 20.1. The Hall–Kier alpha value is -2.90. The fourth-order valence-corrected chi connectivity index (χ4v) is 5.37. The summed E-state index contributed by atoms with van der Waals surface area (Å²) in [5, 5.41) is 5.61. The van der Waals surface area contributed by atoms with E-state index in [-0.39, 0.29) is 48.2 Å². The second-order valence-corrected chi connectivity index (χ2v) is 8.38. The molecule has 8 heteroatoms. The van der Waals surface area contributed by atoms with Crippen LogP contribution >= 0.6 is 0 Å². The molecule has 8 nitrogen and oxygen atoms in total. The third-order valence-corrected chi connectivity index (χ3v) is 6.66. The first-order valence-corrected chi connectivity index (χ1v) is 10.3. The normalized spacial score (nSPS) is 28.1. The molecule has 3 atom stereocenters. The summed E-state index contributed by atoms with van der Waals surface area (Å²) in [7, 11) is 0. The van der Waals surface area contributed by atoms with Crippen LogP contribution in [-0.4, -0.2) is 65.1 Å². The molecule has 2 N–H and O–H groups in total. The Kier molecular flexibility index (Phi) is 4.29. The molecule has 0 aliphatic carbocycles. The summed E-state index contributed by atoms with van der Waals surface area (Å²) >= 11 is 0. The lowest BCUT2D eigenvalue weighted by Crippen LogP contribution is -2.45. The Morgan fingerprint density at radius 1 is 1.10 bits per heavy atom. The van der Waals surface area contributed by atoms with E-state index in [0.717, 1.165) is 24.8 Å². The van der Waals surface area contributed by atoms with E-state index < -0.39 is 0 Å². The number of amides is 4. The zero-order valence-corrected chi connectivity index (χ0v) is 16.1. The topological polar surface area (TPSA) is 98.8 Å². The Morgan fingerprint density at radius 2 is 1.97 bits per heavy atom. The van der Waals surface area contributed by atoms with Crippen molar-refractivity contribution in [3.8, 4) is 0 Å². The number of benzene rings is 1. The molecule has 5 rings (SSSR count). The number of para-hydroxylation sites is 1. The van der Waals surface area contributed by atoms with Gasteiger partial charge in [0.2, 0.25) is 17.7 Å². The molecule has 4 aliphatic rings. The lowest BCUT2D eigenvalue weighted by Gasteiger charge is -2.28. The number of fused-ring (bicyclic) bond motifs is 3. The van der Waals surface area contributed by atoms with E-state index in [4.69, 9.17) is 0 Å². The molecule has 4 aliphatic heterocycles. The minimum absolute atomic E-state index is 0.0151. The summed E-state index contributed by atoms with van der Waals surface area (Å²) in [6.45, 7) is 1.26. The van der Waals surface area contributed by atoms with Crippen LogP contribution in [0.4, 0.5) is 5.69 Å². The Bertz CT molecular complexity index is 914. The van der Waals surface area contributed by atoms with Crippen LogP contribution in [0.1, 0.15) is 41.6 Å². The summed E-state index contributed by atoms with van der Waals surface area (Å²) in [6.07, 6.45) is 3.38. The summed E-state index contributed by atoms with van der Waals surface area (Å²) in [5.74, 6) is -0.603. The van der Waals surface area contributed by atoms with Gasteiger partial charge in [0.05, 0.1) is 30.1 Å². The van der Waals surface area contributed by atoms with Gasteiger partial charge in [0.25, 0.3) is 5.91 Å². The number of anilines is 1. The van der Waals surface area contributed by atoms with Gasteiger partial charge in [-0.3, -0.25) is 19.2 Å². The second-order valence-electron chi connectivity index (χ2n) is 8.38. The third kappa shape index (κ3) is 2.97. The van der Waals surface area contributed by atoms with Gasteiger partial charge in [-0.2, -0.15) is 0 Å². The Balaban J connectivity index is 1.38. The highest BCUT2D eigenvalue weighted by molar-refractivity contribution is 6.09. The van der Waals surface area contributed by atoms with E-state index in [9.17, 15) is 19.2 Å².